The Morgan fingerprint density at radius 2 is 1.92 bits per heavy atom. The number of aromatic nitrogens is 1. The topological polar surface area (TPSA) is 80.3 Å². The summed E-state index contributed by atoms with van der Waals surface area (Å²) in [4.78, 5) is 28.2. The van der Waals surface area contributed by atoms with Crippen molar-refractivity contribution in [3.63, 3.8) is 0 Å². The second kappa shape index (κ2) is 7.97. The number of rotatable bonds is 6. The van der Waals surface area contributed by atoms with E-state index in [4.69, 9.17) is 4.74 Å². The van der Waals surface area contributed by atoms with Crippen LogP contribution in [-0.4, -0.2) is 22.9 Å². The van der Waals surface area contributed by atoms with Gasteiger partial charge in [-0.15, -0.1) is 0 Å². The van der Waals surface area contributed by atoms with Crippen molar-refractivity contribution in [2.75, 3.05) is 10.6 Å². The van der Waals surface area contributed by atoms with Crippen LogP contribution in [0.15, 0.2) is 48.5 Å². The molecular weight excluding hydrogens is 350 g/mol. The Labute approximate surface area is 155 Å². The number of para-hydroxylation sites is 1. The molecule has 0 aliphatic heterocycles. The van der Waals surface area contributed by atoms with E-state index in [9.17, 15) is 9.59 Å². The molecule has 6 nitrogen and oxygen atoms in total. The molecule has 0 aliphatic carbocycles. The van der Waals surface area contributed by atoms with Crippen molar-refractivity contribution in [2.45, 2.75) is 26.4 Å². The molecule has 1 atom stereocenters. The minimum absolute atomic E-state index is 0.0792. The van der Waals surface area contributed by atoms with Crippen LogP contribution in [0.5, 0.6) is 5.75 Å². The van der Waals surface area contributed by atoms with Crippen LogP contribution in [0.4, 0.5) is 10.8 Å². The Kier molecular flexibility index (Phi) is 5.48. The molecule has 26 heavy (non-hydrogen) atoms. The lowest BCUT2D eigenvalue weighted by Crippen LogP contribution is -2.30. The summed E-state index contributed by atoms with van der Waals surface area (Å²) in [5.41, 5.74) is 1.43. The number of thiazole rings is 1. The molecule has 0 unspecified atom stereocenters. The zero-order valence-electron chi connectivity index (χ0n) is 14.5. The van der Waals surface area contributed by atoms with E-state index in [1.807, 2.05) is 30.3 Å². The van der Waals surface area contributed by atoms with Gasteiger partial charge in [-0.1, -0.05) is 36.5 Å². The SMILES string of the molecule is CCC(=O)Nc1nc2ccc(NC(=O)[C@@H](C)Oc3ccccc3)cc2s1. The molecule has 0 bridgehead atoms. The second-order valence-corrected chi connectivity index (χ2v) is 6.70. The van der Waals surface area contributed by atoms with Crippen LogP contribution in [0.3, 0.4) is 0 Å². The lowest BCUT2D eigenvalue weighted by Gasteiger charge is -2.14. The second-order valence-electron chi connectivity index (χ2n) is 5.67. The van der Waals surface area contributed by atoms with E-state index >= 15 is 0 Å². The van der Waals surface area contributed by atoms with Crippen LogP contribution in [0.1, 0.15) is 20.3 Å². The minimum Gasteiger partial charge on any atom is -0.481 e. The fraction of sp³-hybridized carbons (Fsp3) is 0.211. The molecule has 0 radical (unpaired) electrons. The van der Waals surface area contributed by atoms with Gasteiger partial charge in [-0.2, -0.15) is 0 Å². The number of nitrogens with one attached hydrogen (secondary N) is 2. The van der Waals surface area contributed by atoms with Crippen LogP contribution < -0.4 is 15.4 Å². The van der Waals surface area contributed by atoms with Crippen LogP contribution >= 0.6 is 11.3 Å². The maximum atomic E-state index is 12.3. The first-order valence-electron chi connectivity index (χ1n) is 8.28. The van der Waals surface area contributed by atoms with Crippen molar-refractivity contribution in [2.24, 2.45) is 0 Å². The summed E-state index contributed by atoms with van der Waals surface area (Å²) in [5.74, 6) is 0.325. The fourth-order valence-electron chi connectivity index (χ4n) is 2.26. The van der Waals surface area contributed by atoms with Crippen molar-refractivity contribution < 1.29 is 14.3 Å². The Balaban J connectivity index is 1.68. The smallest absolute Gasteiger partial charge is 0.265 e. The van der Waals surface area contributed by atoms with E-state index < -0.39 is 6.10 Å². The zero-order valence-corrected chi connectivity index (χ0v) is 15.3. The summed E-state index contributed by atoms with van der Waals surface area (Å²) in [6.07, 6.45) is -0.231. The first-order valence-corrected chi connectivity index (χ1v) is 9.10. The number of ether oxygens (including phenoxy) is 1. The molecule has 0 fully saturated rings. The molecule has 2 aromatic carbocycles. The van der Waals surface area contributed by atoms with E-state index in [-0.39, 0.29) is 11.8 Å². The number of hydrogen-bond acceptors (Lipinski definition) is 5. The Hall–Kier alpha value is -2.93. The van der Waals surface area contributed by atoms with Crippen LogP contribution in [0.2, 0.25) is 0 Å². The highest BCUT2D eigenvalue weighted by Crippen LogP contribution is 2.28. The largest absolute Gasteiger partial charge is 0.481 e. The predicted octanol–water partition coefficient (Wildman–Crippen LogP) is 4.05. The van der Waals surface area contributed by atoms with Crippen molar-refractivity contribution in [3.05, 3.63) is 48.5 Å². The number of hydrogen-bond donors (Lipinski definition) is 2. The van der Waals surface area contributed by atoms with E-state index in [1.54, 1.807) is 32.0 Å². The molecule has 1 heterocycles. The summed E-state index contributed by atoms with van der Waals surface area (Å²) in [6.45, 7) is 3.49. The number of benzene rings is 2. The molecule has 0 saturated carbocycles. The van der Waals surface area contributed by atoms with Gasteiger partial charge in [0.15, 0.2) is 11.2 Å². The van der Waals surface area contributed by atoms with Crippen molar-refractivity contribution in [3.8, 4) is 5.75 Å². The number of fused-ring (bicyclic) bond motifs is 1. The Morgan fingerprint density at radius 3 is 2.65 bits per heavy atom. The zero-order chi connectivity index (χ0) is 18.5. The van der Waals surface area contributed by atoms with Crippen molar-refractivity contribution in [1.29, 1.82) is 0 Å². The molecule has 1 aromatic heterocycles. The minimum atomic E-state index is -0.631. The van der Waals surface area contributed by atoms with Gasteiger partial charge in [-0.3, -0.25) is 9.59 Å². The average molecular weight is 369 g/mol. The number of amides is 2. The lowest BCUT2D eigenvalue weighted by atomic mass is 10.2. The predicted molar refractivity (Wildman–Crippen MR) is 104 cm³/mol. The van der Waals surface area contributed by atoms with Gasteiger partial charge in [0.05, 0.1) is 10.2 Å². The number of carbonyl (C=O) groups is 2. The molecule has 0 spiro atoms. The van der Waals surface area contributed by atoms with Gasteiger partial charge in [-0.05, 0) is 37.3 Å². The average Bonchev–Trinajstić information content (AvgIpc) is 3.03. The first kappa shape index (κ1) is 17.9. The summed E-state index contributed by atoms with van der Waals surface area (Å²) in [7, 11) is 0. The van der Waals surface area contributed by atoms with Crippen LogP contribution in [0, 0.1) is 0 Å². The first-order chi connectivity index (χ1) is 12.5. The van der Waals surface area contributed by atoms with Gasteiger partial charge >= 0.3 is 0 Å². The molecule has 0 saturated heterocycles. The molecule has 2 amide bonds. The Bertz CT molecular complexity index is 924. The molecule has 3 rings (SSSR count). The van der Waals surface area contributed by atoms with Gasteiger partial charge in [0.25, 0.3) is 5.91 Å². The third-order valence-corrected chi connectivity index (χ3v) is 4.58. The van der Waals surface area contributed by atoms with Crippen molar-refractivity contribution >= 4 is 44.2 Å². The van der Waals surface area contributed by atoms with E-state index in [2.05, 4.69) is 15.6 Å². The monoisotopic (exact) mass is 369 g/mol. The number of nitrogens with zero attached hydrogens (tertiary/aromatic N) is 1. The number of anilines is 2. The highest BCUT2D eigenvalue weighted by molar-refractivity contribution is 7.22. The molecular formula is C19H19N3O3S. The third kappa shape index (κ3) is 4.37. The van der Waals surface area contributed by atoms with E-state index in [0.717, 1.165) is 10.2 Å². The maximum absolute atomic E-state index is 12.3. The van der Waals surface area contributed by atoms with Gasteiger partial charge in [0.2, 0.25) is 5.91 Å². The van der Waals surface area contributed by atoms with Crippen LogP contribution in [-0.2, 0) is 9.59 Å². The molecule has 7 heteroatoms. The standard InChI is InChI=1S/C19H19N3O3S/c1-3-17(23)22-19-21-15-10-9-13(11-16(15)26-19)20-18(24)12(2)25-14-7-5-4-6-8-14/h4-12H,3H2,1-2H3,(H,20,24)(H,21,22,23)/t12-/m1/s1. The normalized spacial score (nSPS) is 11.8. The van der Waals surface area contributed by atoms with Crippen molar-refractivity contribution in [1.82, 2.24) is 4.98 Å². The summed E-state index contributed by atoms with van der Waals surface area (Å²) in [6, 6.07) is 14.6. The van der Waals surface area contributed by atoms with Gasteiger partial charge in [0.1, 0.15) is 5.75 Å². The maximum Gasteiger partial charge on any atom is 0.265 e. The highest BCUT2D eigenvalue weighted by atomic mass is 32.1. The van der Waals surface area contributed by atoms with Gasteiger partial charge in [-0.25, -0.2) is 4.98 Å². The lowest BCUT2D eigenvalue weighted by molar-refractivity contribution is -0.122. The highest BCUT2D eigenvalue weighted by Gasteiger charge is 2.15. The third-order valence-electron chi connectivity index (χ3n) is 3.65. The van der Waals surface area contributed by atoms with E-state index in [0.29, 0.717) is 23.0 Å². The van der Waals surface area contributed by atoms with Gasteiger partial charge in [0, 0.05) is 12.1 Å². The summed E-state index contributed by atoms with van der Waals surface area (Å²) >= 11 is 1.37. The quantitative estimate of drug-likeness (QED) is 0.687. The summed E-state index contributed by atoms with van der Waals surface area (Å²) in [5, 5.41) is 6.14. The summed E-state index contributed by atoms with van der Waals surface area (Å²) < 4.78 is 6.51. The molecule has 3 aromatic rings. The molecule has 134 valence electrons. The van der Waals surface area contributed by atoms with Gasteiger partial charge < -0.3 is 15.4 Å². The van der Waals surface area contributed by atoms with Crippen LogP contribution in [0.25, 0.3) is 10.2 Å². The fourth-order valence-corrected chi connectivity index (χ4v) is 3.19. The molecule has 0 aliphatic rings. The van der Waals surface area contributed by atoms with E-state index in [1.165, 1.54) is 11.3 Å². The number of carbonyl (C=O) groups excluding carboxylic acids is 2. The molecule has 2 N–H and O–H groups in total. The Morgan fingerprint density at radius 1 is 1.15 bits per heavy atom.